The second-order valence-electron chi connectivity index (χ2n) is 3.83. The highest BCUT2D eigenvalue weighted by molar-refractivity contribution is 9.10. The molecule has 0 aliphatic carbocycles. The zero-order chi connectivity index (χ0) is 13.1. The lowest BCUT2D eigenvalue weighted by Crippen LogP contribution is -2.08. The number of aromatic carboxylic acids is 1. The second kappa shape index (κ2) is 5.62. The average molecular weight is 330 g/mol. The van der Waals surface area contributed by atoms with Crippen LogP contribution in [0.1, 0.15) is 34.4 Å². The maximum atomic E-state index is 11.0. The third-order valence-electron chi connectivity index (χ3n) is 2.45. The molecule has 18 heavy (non-hydrogen) atoms. The molecule has 0 amide bonds. The number of nitrogens with zero attached hydrogens (tertiary/aromatic N) is 3. The molecule has 7 heteroatoms. The Balaban J connectivity index is 2.29. The minimum absolute atomic E-state index is 0.0625. The minimum atomic E-state index is -1.02. The molecule has 5 nitrogen and oxygen atoms in total. The lowest BCUT2D eigenvalue weighted by molar-refractivity contribution is 0.0689. The van der Waals surface area contributed by atoms with E-state index in [2.05, 4.69) is 26.2 Å². The summed E-state index contributed by atoms with van der Waals surface area (Å²) in [6, 6.07) is 2.00. The number of thiophene rings is 1. The normalized spacial score (nSPS) is 10.8. The van der Waals surface area contributed by atoms with Crippen LogP contribution in [0.3, 0.4) is 0 Å². The Hall–Kier alpha value is -1.21. The highest BCUT2D eigenvalue weighted by Gasteiger charge is 2.18. The van der Waals surface area contributed by atoms with Crippen molar-refractivity contribution in [1.29, 1.82) is 0 Å². The van der Waals surface area contributed by atoms with Gasteiger partial charge in [0, 0.05) is 14.7 Å². The van der Waals surface area contributed by atoms with Gasteiger partial charge in [-0.15, -0.1) is 16.4 Å². The lowest BCUT2D eigenvalue weighted by Gasteiger charge is -2.04. The van der Waals surface area contributed by atoms with E-state index in [4.69, 9.17) is 5.11 Å². The molecule has 0 radical (unpaired) electrons. The Morgan fingerprint density at radius 3 is 2.94 bits per heavy atom. The third kappa shape index (κ3) is 2.78. The first-order valence-electron chi connectivity index (χ1n) is 5.50. The molecule has 0 atom stereocenters. The Bertz CT molecular complexity index is 564. The highest BCUT2D eigenvalue weighted by atomic mass is 79.9. The molecule has 96 valence electrons. The predicted molar refractivity (Wildman–Crippen MR) is 72.1 cm³/mol. The van der Waals surface area contributed by atoms with Gasteiger partial charge in [0.25, 0.3) is 0 Å². The van der Waals surface area contributed by atoms with Crippen molar-refractivity contribution < 1.29 is 9.90 Å². The molecule has 2 aromatic heterocycles. The van der Waals surface area contributed by atoms with Crippen LogP contribution in [0.4, 0.5) is 0 Å². The van der Waals surface area contributed by atoms with Crippen molar-refractivity contribution in [3.05, 3.63) is 32.2 Å². The van der Waals surface area contributed by atoms with Crippen LogP contribution in [0.15, 0.2) is 15.9 Å². The monoisotopic (exact) mass is 329 g/mol. The van der Waals surface area contributed by atoms with Gasteiger partial charge in [-0.05, 0) is 28.4 Å². The van der Waals surface area contributed by atoms with E-state index in [1.807, 2.05) is 18.4 Å². The van der Waals surface area contributed by atoms with Crippen molar-refractivity contribution in [1.82, 2.24) is 15.0 Å². The molecular formula is C11H12BrN3O2S. The van der Waals surface area contributed by atoms with Gasteiger partial charge in [0.15, 0.2) is 5.69 Å². The van der Waals surface area contributed by atoms with E-state index in [1.165, 1.54) is 0 Å². The van der Waals surface area contributed by atoms with Crippen LogP contribution >= 0.6 is 27.3 Å². The standard InChI is InChI=1S/C11H12BrN3O2S/c1-2-3-9-10(11(16)17)13-14-15(9)5-8-4-7(12)6-18-8/h4,6H,2-3,5H2,1H3,(H,16,17). The number of halogens is 1. The van der Waals surface area contributed by atoms with Gasteiger partial charge in [-0.3, -0.25) is 0 Å². The molecule has 0 aromatic carbocycles. The Labute approximate surface area is 117 Å². The summed E-state index contributed by atoms with van der Waals surface area (Å²) in [6.45, 7) is 2.57. The summed E-state index contributed by atoms with van der Waals surface area (Å²) in [7, 11) is 0. The van der Waals surface area contributed by atoms with Gasteiger partial charge in [-0.25, -0.2) is 9.48 Å². The van der Waals surface area contributed by atoms with Crippen molar-refractivity contribution in [3.8, 4) is 0 Å². The van der Waals surface area contributed by atoms with Gasteiger partial charge in [0.1, 0.15) is 0 Å². The first kappa shape index (κ1) is 13.2. The van der Waals surface area contributed by atoms with Crippen molar-refractivity contribution in [2.45, 2.75) is 26.3 Å². The summed E-state index contributed by atoms with van der Waals surface area (Å²) in [6.07, 6.45) is 1.53. The molecule has 0 aliphatic rings. The summed E-state index contributed by atoms with van der Waals surface area (Å²) in [4.78, 5) is 12.2. The highest BCUT2D eigenvalue weighted by Crippen LogP contribution is 2.21. The maximum absolute atomic E-state index is 11.0. The fraction of sp³-hybridized carbons (Fsp3) is 0.364. The van der Waals surface area contributed by atoms with E-state index in [1.54, 1.807) is 16.0 Å². The molecular weight excluding hydrogens is 318 g/mol. The summed E-state index contributed by atoms with van der Waals surface area (Å²) < 4.78 is 2.70. The smallest absolute Gasteiger partial charge is 0.358 e. The van der Waals surface area contributed by atoms with Gasteiger partial charge in [-0.2, -0.15) is 0 Å². The van der Waals surface area contributed by atoms with E-state index in [0.717, 1.165) is 15.8 Å². The van der Waals surface area contributed by atoms with Gasteiger partial charge >= 0.3 is 5.97 Å². The average Bonchev–Trinajstić information content (AvgIpc) is 2.88. The molecule has 0 fully saturated rings. The van der Waals surface area contributed by atoms with Crippen LogP contribution in [0, 0.1) is 0 Å². The van der Waals surface area contributed by atoms with E-state index in [-0.39, 0.29) is 5.69 Å². The summed E-state index contributed by atoms with van der Waals surface area (Å²) in [5.41, 5.74) is 0.752. The summed E-state index contributed by atoms with van der Waals surface area (Å²) in [5, 5.41) is 18.7. The van der Waals surface area contributed by atoms with Crippen LogP contribution in [0.25, 0.3) is 0 Å². The molecule has 0 saturated carbocycles. The molecule has 2 aromatic rings. The fourth-order valence-corrected chi connectivity index (χ4v) is 3.13. The Morgan fingerprint density at radius 2 is 2.39 bits per heavy atom. The van der Waals surface area contributed by atoms with Crippen molar-refractivity contribution in [2.75, 3.05) is 0 Å². The Morgan fingerprint density at radius 1 is 1.61 bits per heavy atom. The zero-order valence-electron chi connectivity index (χ0n) is 9.76. The van der Waals surface area contributed by atoms with Crippen LogP contribution in [-0.2, 0) is 13.0 Å². The van der Waals surface area contributed by atoms with E-state index < -0.39 is 5.97 Å². The number of carbonyl (C=O) groups is 1. The van der Waals surface area contributed by atoms with E-state index in [0.29, 0.717) is 18.7 Å². The third-order valence-corrected chi connectivity index (χ3v) is 4.14. The Kier molecular flexibility index (Phi) is 4.13. The van der Waals surface area contributed by atoms with E-state index >= 15 is 0 Å². The predicted octanol–water partition coefficient (Wildman–Crippen LogP) is 2.80. The number of carboxylic acids is 1. The molecule has 0 bridgehead atoms. The minimum Gasteiger partial charge on any atom is -0.476 e. The number of rotatable bonds is 5. The van der Waals surface area contributed by atoms with E-state index in [9.17, 15) is 4.79 Å². The molecule has 0 aliphatic heterocycles. The quantitative estimate of drug-likeness (QED) is 0.915. The van der Waals surface area contributed by atoms with Crippen molar-refractivity contribution in [2.24, 2.45) is 0 Å². The van der Waals surface area contributed by atoms with Gasteiger partial charge < -0.3 is 5.11 Å². The number of carboxylic acid groups (broad SMARTS) is 1. The summed E-state index contributed by atoms with van der Waals surface area (Å²) >= 11 is 5.00. The van der Waals surface area contributed by atoms with Crippen molar-refractivity contribution in [3.63, 3.8) is 0 Å². The number of hydrogen-bond acceptors (Lipinski definition) is 4. The van der Waals surface area contributed by atoms with Gasteiger partial charge in [0.2, 0.25) is 0 Å². The van der Waals surface area contributed by atoms with Crippen LogP contribution in [-0.4, -0.2) is 26.1 Å². The maximum Gasteiger partial charge on any atom is 0.358 e. The zero-order valence-corrected chi connectivity index (χ0v) is 12.2. The number of aromatic nitrogens is 3. The number of hydrogen-bond donors (Lipinski definition) is 1. The topological polar surface area (TPSA) is 68.0 Å². The van der Waals surface area contributed by atoms with Crippen LogP contribution in [0.2, 0.25) is 0 Å². The molecule has 2 rings (SSSR count). The molecule has 0 spiro atoms. The van der Waals surface area contributed by atoms with Crippen molar-refractivity contribution >= 4 is 33.2 Å². The van der Waals surface area contributed by atoms with Gasteiger partial charge in [0.05, 0.1) is 12.2 Å². The first-order valence-corrected chi connectivity index (χ1v) is 7.17. The lowest BCUT2D eigenvalue weighted by atomic mass is 10.2. The molecule has 1 N–H and O–H groups in total. The summed E-state index contributed by atoms with van der Waals surface area (Å²) in [5.74, 6) is -1.02. The van der Waals surface area contributed by atoms with Crippen LogP contribution < -0.4 is 0 Å². The molecule has 0 unspecified atom stereocenters. The van der Waals surface area contributed by atoms with Gasteiger partial charge in [-0.1, -0.05) is 18.6 Å². The second-order valence-corrected chi connectivity index (χ2v) is 5.74. The first-order chi connectivity index (χ1) is 8.61. The van der Waals surface area contributed by atoms with Crippen LogP contribution in [0.5, 0.6) is 0 Å². The SMILES string of the molecule is CCCc1c(C(=O)O)nnn1Cc1cc(Br)cs1. The molecule has 0 saturated heterocycles. The fourth-order valence-electron chi connectivity index (χ4n) is 1.69. The largest absolute Gasteiger partial charge is 0.476 e. The molecule has 2 heterocycles.